The van der Waals surface area contributed by atoms with Crippen molar-refractivity contribution in [3.05, 3.63) is 48.5 Å². The molecule has 0 unspecified atom stereocenters. The number of imidazole rings is 1. The molecule has 3 heteroatoms. The number of hydrogen-bond donors (Lipinski definition) is 1. The van der Waals surface area contributed by atoms with E-state index in [1.54, 1.807) is 0 Å². The van der Waals surface area contributed by atoms with Crippen LogP contribution >= 0.6 is 0 Å². The van der Waals surface area contributed by atoms with E-state index >= 15 is 0 Å². The molecule has 0 spiro atoms. The molecule has 1 aromatic heterocycles. The highest BCUT2D eigenvalue weighted by Crippen LogP contribution is 2.29. The number of benzene rings is 2. The van der Waals surface area contributed by atoms with Crippen LogP contribution in [0.2, 0.25) is 0 Å². The topological polar surface area (TPSA) is 37.9 Å². The lowest BCUT2D eigenvalue weighted by atomic mass is 10.1. The average molecular weight is 280 g/mol. The molecule has 3 nitrogen and oxygen atoms in total. The molecule has 0 saturated carbocycles. The van der Waals surface area contributed by atoms with Gasteiger partial charge in [0.25, 0.3) is 0 Å². The van der Waals surface area contributed by atoms with Crippen LogP contribution in [0.25, 0.3) is 22.4 Å². The van der Waals surface area contributed by atoms with Gasteiger partial charge in [0, 0.05) is 0 Å². The molecule has 0 atom stereocenters. The van der Waals surface area contributed by atoms with E-state index in [4.69, 9.17) is 4.74 Å². The Hall–Kier alpha value is -2.29. The van der Waals surface area contributed by atoms with Crippen LogP contribution < -0.4 is 4.74 Å². The normalized spacial score (nSPS) is 11.2. The number of rotatable bonds is 5. The Morgan fingerprint density at radius 2 is 1.81 bits per heavy atom. The summed E-state index contributed by atoms with van der Waals surface area (Å²) in [6, 6.07) is 16.1. The molecule has 3 aromatic rings. The number of nitrogens with one attached hydrogen (secondary N) is 1. The van der Waals surface area contributed by atoms with E-state index in [1.165, 1.54) is 0 Å². The number of hydrogen-bond acceptors (Lipinski definition) is 2. The quantitative estimate of drug-likeness (QED) is 0.738. The average Bonchev–Trinajstić information content (AvgIpc) is 2.91. The van der Waals surface area contributed by atoms with Gasteiger partial charge in [-0.1, -0.05) is 38.1 Å². The number of para-hydroxylation sites is 3. The molecule has 3 rings (SSSR count). The van der Waals surface area contributed by atoms with Crippen LogP contribution in [0.4, 0.5) is 0 Å². The fourth-order valence-corrected chi connectivity index (χ4v) is 2.27. The molecule has 0 fully saturated rings. The molecule has 0 aliphatic carbocycles. The van der Waals surface area contributed by atoms with Crippen LogP contribution in [0.3, 0.4) is 0 Å². The van der Waals surface area contributed by atoms with Crippen molar-refractivity contribution >= 4 is 11.0 Å². The van der Waals surface area contributed by atoms with Crippen molar-refractivity contribution in [1.29, 1.82) is 0 Å². The van der Waals surface area contributed by atoms with Crippen molar-refractivity contribution in [3.8, 4) is 17.1 Å². The minimum Gasteiger partial charge on any atom is -0.493 e. The van der Waals surface area contributed by atoms with Gasteiger partial charge in [0.05, 0.1) is 23.2 Å². The number of aromatic nitrogens is 2. The Balaban J connectivity index is 1.90. The molecule has 0 amide bonds. The van der Waals surface area contributed by atoms with E-state index in [0.29, 0.717) is 5.92 Å². The molecular formula is C18H20N2O. The van der Waals surface area contributed by atoms with Crippen molar-refractivity contribution in [2.45, 2.75) is 20.3 Å². The van der Waals surface area contributed by atoms with Crippen molar-refractivity contribution in [2.75, 3.05) is 6.61 Å². The SMILES string of the molecule is CC(C)CCOc1ccccc1-c1nc2ccccc2[nH]1. The predicted molar refractivity (Wildman–Crippen MR) is 86.5 cm³/mol. The van der Waals surface area contributed by atoms with Crippen LogP contribution in [0.5, 0.6) is 5.75 Å². The third-order valence-corrected chi connectivity index (χ3v) is 3.48. The molecular weight excluding hydrogens is 260 g/mol. The number of fused-ring (bicyclic) bond motifs is 1. The number of nitrogens with zero attached hydrogens (tertiary/aromatic N) is 1. The summed E-state index contributed by atoms with van der Waals surface area (Å²) in [6.07, 6.45) is 1.05. The molecule has 1 heterocycles. The van der Waals surface area contributed by atoms with Gasteiger partial charge in [-0.25, -0.2) is 4.98 Å². The lowest BCUT2D eigenvalue weighted by Gasteiger charge is -2.11. The molecule has 0 aliphatic heterocycles. The second kappa shape index (κ2) is 6.00. The van der Waals surface area contributed by atoms with Crippen LogP contribution in [0.15, 0.2) is 48.5 Å². The van der Waals surface area contributed by atoms with Crippen LogP contribution in [-0.2, 0) is 0 Å². The zero-order chi connectivity index (χ0) is 14.7. The highest BCUT2D eigenvalue weighted by Gasteiger charge is 2.10. The minimum atomic E-state index is 0.642. The lowest BCUT2D eigenvalue weighted by Crippen LogP contribution is -2.02. The first kappa shape index (κ1) is 13.7. The number of ether oxygens (including phenoxy) is 1. The minimum absolute atomic E-state index is 0.642. The Morgan fingerprint density at radius 1 is 1.05 bits per heavy atom. The van der Waals surface area contributed by atoms with Crippen molar-refractivity contribution in [3.63, 3.8) is 0 Å². The lowest BCUT2D eigenvalue weighted by molar-refractivity contribution is 0.290. The van der Waals surface area contributed by atoms with Crippen molar-refractivity contribution in [1.82, 2.24) is 9.97 Å². The van der Waals surface area contributed by atoms with E-state index in [0.717, 1.165) is 41.2 Å². The van der Waals surface area contributed by atoms with Crippen molar-refractivity contribution in [2.24, 2.45) is 5.92 Å². The molecule has 0 bridgehead atoms. The standard InChI is InChI=1S/C18H20N2O/c1-13(2)11-12-21-17-10-6-3-7-14(17)18-19-15-8-4-5-9-16(15)20-18/h3-10,13H,11-12H2,1-2H3,(H,19,20). The zero-order valence-corrected chi connectivity index (χ0v) is 12.5. The first-order valence-corrected chi connectivity index (χ1v) is 7.41. The summed E-state index contributed by atoms with van der Waals surface area (Å²) in [4.78, 5) is 8.01. The fraction of sp³-hybridized carbons (Fsp3) is 0.278. The summed E-state index contributed by atoms with van der Waals surface area (Å²) in [5.41, 5.74) is 3.03. The summed E-state index contributed by atoms with van der Waals surface area (Å²) >= 11 is 0. The second-order valence-electron chi connectivity index (χ2n) is 5.63. The molecule has 108 valence electrons. The van der Waals surface area contributed by atoms with E-state index in [9.17, 15) is 0 Å². The largest absolute Gasteiger partial charge is 0.493 e. The third kappa shape index (κ3) is 3.07. The van der Waals surface area contributed by atoms with E-state index in [1.807, 2.05) is 48.5 Å². The van der Waals surface area contributed by atoms with Crippen LogP contribution in [0.1, 0.15) is 20.3 Å². The first-order valence-electron chi connectivity index (χ1n) is 7.41. The fourth-order valence-electron chi connectivity index (χ4n) is 2.27. The van der Waals surface area contributed by atoms with Gasteiger partial charge < -0.3 is 9.72 Å². The second-order valence-corrected chi connectivity index (χ2v) is 5.63. The molecule has 0 radical (unpaired) electrons. The monoisotopic (exact) mass is 280 g/mol. The van der Waals surface area contributed by atoms with Gasteiger partial charge >= 0.3 is 0 Å². The molecule has 21 heavy (non-hydrogen) atoms. The van der Waals surface area contributed by atoms with Gasteiger partial charge in [-0.05, 0) is 36.6 Å². The Morgan fingerprint density at radius 3 is 2.62 bits per heavy atom. The summed E-state index contributed by atoms with van der Waals surface area (Å²) in [6.45, 7) is 5.14. The van der Waals surface area contributed by atoms with Gasteiger partial charge in [-0.3, -0.25) is 0 Å². The third-order valence-electron chi connectivity index (χ3n) is 3.48. The Labute approximate surface area is 125 Å². The van der Waals surface area contributed by atoms with E-state index in [-0.39, 0.29) is 0 Å². The highest BCUT2D eigenvalue weighted by atomic mass is 16.5. The Bertz CT molecular complexity index is 698. The van der Waals surface area contributed by atoms with Gasteiger partial charge in [0.1, 0.15) is 11.6 Å². The maximum absolute atomic E-state index is 5.94. The van der Waals surface area contributed by atoms with Gasteiger partial charge in [0.2, 0.25) is 0 Å². The number of H-pyrrole nitrogens is 1. The summed E-state index contributed by atoms with van der Waals surface area (Å²) in [5.74, 6) is 2.39. The van der Waals surface area contributed by atoms with Gasteiger partial charge in [-0.15, -0.1) is 0 Å². The Kier molecular flexibility index (Phi) is 3.91. The van der Waals surface area contributed by atoms with Crippen molar-refractivity contribution < 1.29 is 4.74 Å². The summed E-state index contributed by atoms with van der Waals surface area (Å²) in [5, 5.41) is 0. The predicted octanol–water partition coefficient (Wildman–Crippen LogP) is 4.65. The maximum atomic E-state index is 5.94. The molecule has 2 aromatic carbocycles. The summed E-state index contributed by atoms with van der Waals surface area (Å²) < 4.78 is 5.94. The van der Waals surface area contributed by atoms with Crippen LogP contribution in [0, 0.1) is 5.92 Å². The van der Waals surface area contributed by atoms with Gasteiger partial charge in [-0.2, -0.15) is 0 Å². The molecule has 0 aliphatic rings. The van der Waals surface area contributed by atoms with E-state index in [2.05, 4.69) is 23.8 Å². The maximum Gasteiger partial charge on any atom is 0.142 e. The zero-order valence-electron chi connectivity index (χ0n) is 12.5. The van der Waals surface area contributed by atoms with Crippen LogP contribution in [-0.4, -0.2) is 16.6 Å². The van der Waals surface area contributed by atoms with E-state index < -0.39 is 0 Å². The summed E-state index contributed by atoms with van der Waals surface area (Å²) in [7, 11) is 0. The first-order chi connectivity index (χ1) is 10.2. The number of aromatic amines is 1. The molecule has 1 N–H and O–H groups in total. The smallest absolute Gasteiger partial charge is 0.142 e. The highest BCUT2D eigenvalue weighted by molar-refractivity contribution is 5.80. The van der Waals surface area contributed by atoms with Gasteiger partial charge in [0.15, 0.2) is 0 Å². The molecule has 0 saturated heterocycles.